The topological polar surface area (TPSA) is 207 Å². The summed E-state index contributed by atoms with van der Waals surface area (Å²) in [7, 11) is -10.0. The molecule has 0 radical (unpaired) electrons. The fourth-order valence-electron chi connectivity index (χ4n) is 11.6. The summed E-state index contributed by atoms with van der Waals surface area (Å²) < 4.78 is 72.4. The first kappa shape index (κ1) is 63.5. The molecule has 7 rings (SSSR count). The van der Waals surface area contributed by atoms with Crippen molar-refractivity contribution in [3.05, 3.63) is 197 Å². The molecule has 0 fully saturated rings. The van der Waals surface area contributed by atoms with Gasteiger partial charge in [-0.3, -0.25) is 18.7 Å². The largest absolute Gasteiger partial charge is 0.507 e. The van der Waals surface area contributed by atoms with Gasteiger partial charge >= 0.3 is 0 Å². The van der Waals surface area contributed by atoms with Crippen LogP contribution in [0, 0.1) is 55.4 Å². The number of ketones is 2. The molecule has 0 heterocycles. The number of carbonyl (C=O) groups is 2. The van der Waals surface area contributed by atoms with Gasteiger partial charge in [-0.25, -0.2) is 0 Å². The second-order valence-corrected chi connectivity index (χ2v) is 29.6. The zero-order valence-electron chi connectivity index (χ0n) is 51.8. The van der Waals surface area contributed by atoms with Gasteiger partial charge in [0.1, 0.15) is 11.5 Å². The SMILES string of the molecule is Cc1cc(Nc2c(C)cc(C)c(C(=O)c3cc(C(C)(C)C)c(O)c(C(C)(C)C)c3)c2C)ccc1C(c1ccc(Nc2c(C)cc(C)c(C(=O)c3cc(C(C)(C)C)c(O)c(C(C)(C)C)c3)c2C)cc1C)c1ccc(S(=O)(=O)O)cc1S(=O)(=O)O. The second kappa shape index (κ2) is 22.1. The summed E-state index contributed by atoms with van der Waals surface area (Å²) in [6.45, 7) is 39.3. The first-order valence-electron chi connectivity index (χ1n) is 27.8. The second-order valence-electron chi connectivity index (χ2n) is 26.7. The molecule has 12 nitrogen and oxygen atoms in total. The molecular formula is C69H82N2O10S2. The molecule has 83 heavy (non-hydrogen) atoms. The summed E-state index contributed by atoms with van der Waals surface area (Å²) in [4.78, 5) is 28.2. The van der Waals surface area contributed by atoms with Crippen LogP contribution in [0.25, 0.3) is 0 Å². The van der Waals surface area contributed by atoms with Crippen LogP contribution in [0.4, 0.5) is 22.7 Å². The minimum absolute atomic E-state index is 0.0474. The molecule has 0 bridgehead atoms. The smallest absolute Gasteiger partial charge is 0.294 e. The van der Waals surface area contributed by atoms with Gasteiger partial charge in [0.2, 0.25) is 0 Å². The van der Waals surface area contributed by atoms with Gasteiger partial charge in [0.25, 0.3) is 20.2 Å². The molecule has 440 valence electrons. The van der Waals surface area contributed by atoms with Crippen LogP contribution in [0.3, 0.4) is 0 Å². The number of phenols is 2. The minimum atomic E-state index is -5.11. The van der Waals surface area contributed by atoms with Gasteiger partial charge in [-0.1, -0.05) is 113 Å². The summed E-state index contributed by atoms with van der Waals surface area (Å²) in [6, 6.07) is 25.4. The molecule has 7 aromatic carbocycles. The molecular weight excluding hydrogens is 1080 g/mol. The van der Waals surface area contributed by atoms with E-state index in [0.717, 1.165) is 45.5 Å². The molecule has 0 aromatic heterocycles. The Labute approximate surface area is 492 Å². The van der Waals surface area contributed by atoms with Crippen molar-refractivity contribution in [3.8, 4) is 11.5 Å². The van der Waals surface area contributed by atoms with Crippen LogP contribution in [0.1, 0.15) is 204 Å². The highest BCUT2D eigenvalue weighted by molar-refractivity contribution is 7.86. The van der Waals surface area contributed by atoms with E-state index in [-0.39, 0.29) is 28.6 Å². The molecule has 0 aliphatic carbocycles. The van der Waals surface area contributed by atoms with Crippen molar-refractivity contribution in [2.45, 2.75) is 176 Å². The molecule has 0 unspecified atom stereocenters. The van der Waals surface area contributed by atoms with E-state index in [2.05, 4.69) is 10.6 Å². The number of phenolic OH excluding ortho intramolecular Hbond substituents is 2. The molecule has 0 amide bonds. The van der Waals surface area contributed by atoms with Crippen LogP contribution in [-0.4, -0.2) is 47.7 Å². The Kier molecular flexibility index (Phi) is 16.9. The maximum atomic E-state index is 14.8. The quantitative estimate of drug-likeness (QED) is 0.0362. The van der Waals surface area contributed by atoms with Crippen molar-refractivity contribution >= 4 is 54.6 Å². The Morgan fingerprint density at radius 3 is 1.02 bits per heavy atom. The molecule has 0 saturated heterocycles. The van der Waals surface area contributed by atoms with Gasteiger partial charge in [0.05, 0.1) is 9.79 Å². The number of anilines is 4. The van der Waals surface area contributed by atoms with Crippen molar-refractivity contribution in [2.75, 3.05) is 10.6 Å². The van der Waals surface area contributed by atoms with Crippen LogP contribution in [0.5, 0.6) is 11.5 Å². The van der Waals surface area contributed by atoms with Gasteiger partial charge in [0, 0.05) is 73.2 Å². The molecule has 14 heteroatoms. The maximum absolute atomic E-state index is 14.8. The lowest BCUT2D eigenvalue weighted by Crippen LogP contribution is -2.19. The maximum Gasteiger partial charge on any atom is 0.294 e. The third-order valence-corrected chi connectivity index (χ3v) is 17.7. The normalized spacial score (nSPS) is 12.7. The number of aromatic hydroxyl groups is 2. The molecule has 0 spiro atoms. The number of carbonyl (C=O) groups excluding carboxylic acids is 2. The lowest BCUT2D eigenvalue weighted by atomic mass is 9.77. The first-order valence-corrected chi connectivity index (χ1v) is 30.7. The van der Waals surface area contributed by atoms with Crippen LogP contribution in [-0.2, 0) is 41.9 Å². The number of aryl methyl sites for hydroxylation is 6. The van der Waals surface area contributed by atoms with Crippen molar-refractivity contribution in [1.29, 1.82) is 0 Å². The Hall–Kier alpha value is -7.10. The first-order chi connectivity index (χ1) is 37.9. The third-order valence-electron chi connectivity index (χ3n) is 15.9. The standard InChI is InChI=1S/C69H82N2O10S2/c1-36-29-46(70-60-40(5)27-38(3)57(42(60)7)62(72)44-31-52(66(9,10)11)64(74)53(32-44)67(12,13)14)21-24-49(36)59(51-26-23-48(82(76,77)78)35-56(51)83(79,80)81)50-25-22-47(30-37(50)2)71-61-41(6)28-39(4)58(43(61)8)63(73)45-33-54(68(15,16)17)65(75)55(34-45)69(18,19)20/h21-35,59,70-71,74-75H,1-20H3,(H,76,77,78)(H,79,80,81). The Morgan fingerprint density at radius 2 is 0.735 bits per heavy atom. The zero-order chi connectivity index (χ0) is 62.3. The number of nitrogens with one attached hydrogen (secondary N) is 2. The predicted molar refractivity (Wildman–Crippen MR) is 335 cm³/mol. The fraction of sp³-hybridized carbons (Fsp3) is 0.362. The number of hydrogen-bond donors (Lipinski definition) is 6. The average molecular weight is 1160 g/mol. The van der Waals surface area contributed by atoms with Gasteiger partial charge in [-0.2, -0.15) is 16.8 Å². The number of rotatable bonds is 13. The van der Waals surface area contributed by atoms with Crippen LogP contribution in [0.15, 0.2) is 101 Å². The van der Waals surface area contributed by atoms with Crippen molar-refractivity contribution < 1.29 is 45.7 Å². The molecule has 0 saturated carbocycles. The number of hydrogen-bond acceptors (Lipinski definition) is 10. The van der Waals surface area contributed by atoms with Gasteiger partial charge in [0.15, 0.2) is 11.6 Å². The zero-order valence-corrected chi connectivity index (χ0v) is 53.4. The van der Waals surface area contributed by atoms with E-state index in [9.17, 15) is 45.7 Å². The number of benzene rings is 7. The fourth-order valence-corrected chi connectivity index (χ4v) is 13.0. The van der Waals surface area contributed by atoms with Crippen molar-refractivity contribution in [2.24, 2.45) is 0 Å². The van der Waals surface area contributed by atoms with E-state index in [0.29, 0.717) is 89.5 Å². The van der Waals surface area contributed by atoms with E-state index in [1.165, 1.54) is 6.07 Å². The van der Waals surface area contributed by atoms with Gasteiger partial charge in [-0.05, 0) is 199 Å². The van der Waals surface area contributed by atoms with Crippen molar-refractivity contribution in [1.82, 2.24) is 0 Å². The summed E-state index contributed by atoms with van der Waals surface area (Å²) >= 11 is 0. The van der Waals surface area contributed by atoms with E-state index < -0.39 is 57.6 Å². The molecule has 0 aliphatic rings. The summed E-state index contributed by atoms with van der Waals surface area (Å²) in [5.74, 6) is -0.938. The Bertz CT molecular complexity index is 3770. The van der Waals surface area contributed by atoms with E-state index in [1.807, 2.05) is 187 Å². The van der Waals surface area contributed by atoms with E-state index >= 15 is 0 Å². The van der Waals surface area contributed by atoms with Crippen molar-refractivity contribution in [3.63, 3.8) is 0 Å². The highest BCUT2D eigenvalue weighted by Crippen LogP contribution is 2.45. The van der Waals surface area contributed by atoms with Crippen LogP contribution in [0.2, 0.25) is 0 Å². The lowest BCUT2D eigenvalue weighted by molar-refractivity contribution is 0.102. The Morgan fingerprint density at radius 1 is 0.410 bits per heavy atom. The van der Waals surface area contributed by atoms with Crippen LogP contribution >= 0.6 is 0 Å². The van der Waals surface area contributed by atoms with Crippen LogP contribution < -0.4 is 10.6 Å². The molecule has 0 aliphatic heterocycles. The molecule has 6 N–H and O–H groups in total. The van der Waals surface area contributed by atoms with Gasteiger partial charge in [-0.15, -0.1) is 0 Å². The highest BCUT2D eigenvalue weighted by Gasteiger charge is 2.33. The highest BCUT2D eigenvalue weighted by atomic mass is 32.2. The predicted octanol–water partition coefficient (Wildman–Crippen LogP) is 16.4. The van der Waals surface area contributed by atoms with Gasteiger partial charge < -0.3 is 20.8 Å². The third kappa shape index (κ3) is 12.9. The molecule has 7 aromatic rings. The lowest BCUT2D eigenvalue weighted by Gasteiger charge is -2.28. The summed E-state index contributed by atoms with van der Waals surface area (Å²) in [5, 5.41) is 30.1. The minimum Gasteiger partial charge on any atom is -0.507 e. The average Bonchev–Trinajstić information content (AvgIpc) is 2.08. The van der Waals surface area contributed by atoms with E-state index in [4.69, 9.17) is 0 Å². The Balaban J connectivity index is 1.33. The van der Waals surface area contributed by atoms with E-state index in [1.54, 1.807) is 24.3 Å². The summed E-state index contributed by atoms with van der Waals surface area (Å²) in [6.07, 6.45) is 0. The monoisotopic (exact) mass is 1160 g/mol. The summed E-state index contributed by atoms with van der Waals surface area (Å²) in [5.41, 5.74) is 13.0. The molecule has 0 atom stereocenters.